The second-order valence-corrected chi connectivity index (χ2v) is 5.23. The molecule has 0 fully saturated rings. The topological polar surface area (TPSA) is 82.5 Å². The molecule has 0 radical (unpaired) electrons. The van der Waals surface area contributed by atoms with Gasteiger partial charge in [-0.2, -0.15) is 0 Å². The molecule has 0 unspecified atom stereocenters. The molecule has 2 heterocycles. The number of rotatable bonds is 3. The first-order valence-electron chi connectivity index (χ1n) is 5.95. The maximum absolute atomic E-state index is 11.7. The molecule has 7 heteroatoms. The van der Waals surface area contributed by atoms with Crippen LogP contribution in [0.1, 0.15) is 15.5 Å². The summed E-state index contributed by atoms with van der Waals surface area (Å²) in [5, 5.41) is 13.5. The Bertz CT molecular complexity index is 683. The van der Waals surface area contributed by atoms with Gasteiger partial charge in [-0.1, -0.05) is 12.1 Å². The lowest BCUT2D eigenvalue weighted by Gasteiger charge is -2.30. The maximum Gasteiger partial charge on any atom is 0.365 e. The minimum Gasteiger partial charge on any atom is -0.476 e. The SMILES string of the molecule is O=C1CN(Cc2csc(C(=O)O)n2)c2ccccc2N1. The minimum atomic E-state index is -1.03. The molecule has 0 saturated heterocycles. The minimum absolute atomic E-state index is 0.0646. The Morgan fingerprint density at radius 2 is 2.25 bits per heavy atom. The van der Waals surface area contributed by atoms with Gasteiger partial charge in [0.15, 0.2) is 0 Å². The van der Waals surface area contributed by atoms with Crippen LogP contribution >= 0.6 is 11.3 Å². The molecule has 102 valence electrons. The highest BCUT2D eigenvalue weighted by Gasteiger charge is 2.22. The van der Waals surface area contributed by atoms with Crippen LogP contribution in [-0.2, 0) is 11.3 Å². The van der Waals surface area contributed by atoms with E-state index in [1.54, 1.807) is 5.38 Å². The van der Waals surface area contributed by atoms with Crippen molar-refractivity contribution in [1.82, 2.24) is 4.98 Å². The molecule has 1 amide bonds. The van der Waals surface area contributed by atoms with Crippen molar-refractivity contribution in [2.24, 2.45) is 0 Å². The van der Waals surface area contributed by atoms with Crippen LogP contribution in [0.2, 0.25) is 0 Å². The van der Waals surface area contributed by atoms with Crippen LogP contribution in [0.15, 0.2) is 29.6 Å². The number of aromatic carboxylic acids is 1. The van der Waals surface area contributed by atoms with E-state index in [1.807, 2.05) is 29.2 Å². The first-order valence-corrected chi connectivity index (χ1v) is 6.83. The Kier molecular flexibility index (Phi) is 3.11. The van der Waals surface area contributed by atoms with Crippen LogP contribution in [0.3, 0.4) is 0 Å². The summed E-state index contributed by atoms with van der Waals surface area (Å²) in [5.41, 5.74) is 2.33. The Morgan fingerprint density at radius 1 is 1.45 bits per heavy atom. The number of hydrogen-bond acceptors (Lipinski definition) is 5. The van der Waals surface area contributed by atoms with E-state index in [2.05, 4.69) is 10.3 Å². The lowest BCUT2D eigenvalue weighted by atomic mass is 10.2. The molecule has 6 nitrogen and oxygen atoms in total. The summed E-state index contributed by atoms with van der Waals surface area (Å²) in [6, 6.07) is 7.50. The lowest BCUT2D eigenvalue weighted by Crippen LogP contribution is -2.37. The third-order valence-electron chi connectivity index (χ3n) is 2.94. The lowest BCUT2D eigenvalue weighted by molar-refractivity contribution is -0.115. The fourth-order valence-corrected chi connectivity index (χ4v) is 2.76. The van der Waals surface area contributed by atoms with Gasteiger partial charge in [-0.15, -0.1) is 11.3 Å². The van der Waals surface area contributed by atoms with Crippen molar-refractivity contribution < 1.29 is 14.7 Å². The van der Waals surface area contributed by atoms with Gasteiger partial charge in [0, 0.05) is 5.38 Å². The van der Waals surface area contributed by atoms with Gasteiger partial charge in [0.05, 0.1) is 30.2 Å². The molecule has 0 spiro atoms. The van der Waals surface area contributed by atoms with Gasteiger partial charge in [-0.05, 0) is 12.1 Å². The Morgan fingerprint density at radius 3 is 3.00 bits per heavy atom. The van der Waals surface area contributed by atoms with Crippen LogP contribution in [-0.4, -0.2) is 28.5 Å². The van der Waals surface area contributed by atoms with Crippen LogP contribution in [0.4, 0.5) is 11.4 Å². The summed E-state index contributed by atoms with van der Waals surface area (Å²) in [7, 11) is 0. The number of nitrogens with zero attached hydrogens (tertiary/aromatic N) is 2. The average molecular weight is 289 g/mol. The number of carboxylic acids is 1. The van der Waals surface area contributed by atoms with Crippen molar-refractivity contribution in [1.29, 1.82) is 0 Å². The highest BCUT2D eigenvalue weighted by Crippen LogP contribution is 2.30. The van der Waals surface area contributed by atoms with Gasteiger partial charge in [0.1, 0.15) is 0 Å². The molecule has 0 atom stereocenters. The number of hydrogen-bond donors (Lipinski definition) is 2. The number of fused-ring (bicyclic) bond motifs is 1. The number of aromatic nitrogens is 1. The van der Waals surface area contributed by atoms with Crippen LogP contribution in [0.25, 0.3) is 0 Å². The maximum atomic E-state index is 11.7. The number of nitrogens with one attached hydrogen (secondary N) is 1. The number of carbonyl (C=O) groups excluding carboxylic acids is 1. The van der Waals surface area contributed by atoms with Crippen molar-refractivity contribution in [3.63, 3.8) is 0 Å². The van der Waals surface area contributed by atoms with Crippen molar-refractivity contribution in [2.45, 2.75) is 6.54 Å². The molecule has 2 N–H and O–H groups in total. The molecule has 2 aromatic rings. The average Bonchev–Trinajstić information content (AvgIpc) is 2.87. The van der Waals surface area contributed by atoms with Gasteiger partial charge in [0.2, 0.25) is 10.9 Å². The summed E-state index contributed by atoms with van der Waals surface area (Å²) in [4.78, 5) is 28.4. The zero-order valence-corrected chi connectivity index (χ0v) is 11.2. The summed E-state index contributed by atoms with van der Waals surface area (Å²) >= 11 is 1.09. The Balaban J connectivity index is 1.86. The van der Waals surface area contributed by atoms with Gasteiger partial charge < -0.3 is 15.3 Å². The van der Waals surface area contributed by atoms with E-state index in [4.69, 9.17) is 5.11 Å². The van der Waals surface area contributed by atoms with E-state index < -0.39 is 5.97 Å². The van der Waals surface area contributed by atoms with Gasteiger partial charge in [0.25, 0.3) is 0 Å². The monoisotopic (exact) mass is 289 g/mol. The third kappa shape index (κ3) is 2.35. The molecule has 3 rings (SSSR count). The predicted molar refractivity (Wildman–Crippen MR) is 75.2 cm³/mol. The fraction of sp³-hybridized carbons (Fsp3) is 0.154. The quantitative estimate of drug-likeness (QED) is 0.900. The molecule has 0 bridgehead atoms. The molecule has 1 aliphatic heterocycles. The summed E-state index contributed by atoms with van der Waals surface area (Å²) < 4.78 is 0. The first kappa shape index (κ1) is 12.6. The Hall–Kier alpha value is -2.41. The number of carbonyl (C=O) groups is 2. The van der Waals surface area contributed by atoms with E-state index in [0.717, 1.165) is 22.7 Å². The smallest absolute Gasteiger partial charge is 0.365 e. The molecule has 0 aliphatic carbocycles. The number of benzene rings is 1. The number of amides is 1. The third-order valence-corrected chi connectivity index (χ3v) is 3.82. The standard InChI is InChI=1S/C13H11N3O3S/c17-11-6-16(10-4-2-1-3-9(10)15-11)5-8-7-20-12(14-8)13(18)19/h1-4,7H,5-6H2,(H,15,17)(H,18,19). The zero-order valence-electron chi connectivity index (χ0n) is 10.4. The van der Waals surface area contributed by atoms with E-state index in [1.165, 1.54) is 0 Å². The van der Waals surface area contributed by atoms with Gasteiger partial charge in [-0.25, -0.2) is 9.78 Å². The van der Waals surface area contributed by atoms with E-state index in [0.29, 0.717) is 12.2 Å². The summed E-state index contributed by atoms with van der Waals surface area (Å²) in [6.45, 7) is 0.644. The van der Waals surface area contributed by atoms with Crippen LogP contribution in [0, 0.1) is 0 Å². The Labute approximate surface area is 118 Å². The number of para-hydroxylation sites is 2. The van der Waals surface area contributed by atoms with Gasteiger partial charge in [-0.3, -0.25) is 4.79 Å². The molecule has 0 saturated carbocycles. The number of thiazole rings is 1. The highest BCUT2D eigenvalue weighted by molar-refractivity contribution is 7.11. The number of anilines is 2. The van der Waals surface area contributed by atoms with Crippen LogP contribution < -0.4 is 10.2 Å². The molecular formula is C13H11N3O3S. The summed E-state index contributed by atoms with van der Waals surface area (Å²) in [6.07, 6.45) is 0. The second kappa shape index (κ2) is 4.93. The largest absolute Gasteiger partial charge is 0.476 e. The fourth-order valence-electron chi connectivity index (χ4n) is 2.12. The van der Waals surface area contributed by atoms with E-state index in [9.17, 15) is 9.59 Å². The second-order valence-electron chi connectivity index (χ2n) is 4.37. The van der Waals surface area contributed by atoms with Crippen LogP contribution in [0.5, 0.6) is 0 Å². The number of carboxylic acid groups (broad SMARTS) is 1. The van der Waals surface area contributed by atoms with Crippen molar-refractivity contribution in [2.75, 3.05) is 16.8 Å². The molecule has 1 aliphatic rings. The highest BCUT2D eigenvalue weighted by atomic mass is 32.1. The normalized spacial score (nSPS) is 13.8. The first-order chi connectivity index (χ1) is 9.63. The van der Waals surface area contributed by atoms with Crippen molar-refractivity contribution in [3.05, 3.63) is 40.3 Å². The molecule has 1 aromatic carbocycles. The molecular weight excluding hydrogens is 278 g/mol. The summed E-state index contributed by atoms with van der Waals surface area (Å²) in [5.74, 6) is -1.12. The zero-order chi connectivity index (χ0) is 14.1. The molecule has 20 heavy (non-hydrogen) atoms. The van der Waals surface area contributed by atoms with E-state index in [-0.39, 0.29) is 17.5 Å². The van der Waals surface area contributed by atoms with Crippen molar-refractivity contribution >= 4 is 34.6 Å². The van der Waals surface area contributed by atoms with Crippen molar-refractivity contribution in [3.8, 4) is 0 Å². The van der Waals surface area contributed by atoms with Gasteiger partial charge >= 0.3 is 5.97 Å². The molecule has 1 aromatic heterocycles. The van der Waals surface area contributed by atoms with E-state index >= 15 is 0 Å². The predicted octanol–water partition coefficient (Wildman–Crippen LogP) is 1.80.